The second-order valence-electron chi connectivity index (χ2n) is 5.11. The maximum Gasteiger partial charge on any atom is 0.329 e. The number of hydrogen-bond acceptors (Lipinski definition) is 2. The van der Waals surface area contributed by atoms with E-state index < -0.39 is 0 Å². The van der Waals surface area contributed by atoms with E-state index in [9.17, 15) is 4.79 Å². The smallest absolute Gasteiger partial charge is 0.307 e. The van der Waals surface area contributed by atoms with Gasteiger partial charge in [0.1, 0.15) is 5.65 Å². The molecule has 4 rings (SSSR count). The molecule has 0 unspecified atom stereocenters. The summed E-state index contributed by atoms with van der Waals surface area (Å²) >= 11 is 0. The summed E-state index contributed by atoms with van der Waals surface area (Å²) in [6.07, 6.45) is 3.92. The largest absolute Gasteiger partial charge is 0.329 e. The van der Waals surface area contributed by atoms with Crippen molar-refractivity contribution >= 4 is 16.7 Å². The second-order valence-corrected chi connectivity index (χ2v) is 5.11. The molecule has 1 aromatic carbocycles. The first-order valence-electron chi connectivity index (χ1n) is 6.81. The van der Waals surface area contributed by atoms with Crippen LogP contribution in [-0.4, -0.2) is 18.5 Å². The maximum absolute atomic E-state index is 12.4. The van der Waals surface area contributed by atoms with Crippen LogP contribution >= 0.6 is 0 Å². The SMILES string of the molecule is Cn1c(=O)n(Cc2cn3ccccc3n2)c2ccccc21. The lowest BCUT2D eigenvalue weighted by Gasteiger charge is -1.99. The van der Waals surface area contributed by atoms with E-state index in [1.54, 1.807) is 16.2 Å². The molecule has 0 fully saturated rings. The number of benzene rings is 1. The fourth-order valence-corrected chi connectivity index (χ4v) is 2.74. The first-order chi connectivity index (χ1) is 10.2. The number of nitrogens with zero attached hydrogens (tertiary/aromatic N) is 4. The lowest BCUT2D eigenvalue weighted by Crippen LogP contribution is -2.22. The minimum Gasteiger partial charge on any atom is -0.307 e. The molecule has 104 valence electrons. The third-order valence-corrected chi connectivity index (χ3v) is 3.79. The van der Waals surface area contributed by atoms with Gasteiger partial charge in [0.05, 0.1) is 23.3 Å². The fourth-order valence-electron chi connectivity index (χ4n) is 2.74. The number of aromatic nitrogens is 4. The van der Waals surface area contributed by atoms with Gasteiger partial charge in [-0.3, -0.25) is 9.13 Å². The van der Waals surface area contributed by atoms with E-state index in [-0.39, 0.29) is 5.69 Å². The highest BCUT2D eigenvalue weighted by Gasteiger charge is 2.11. The van der Waals surface area contributed by atoms with Crippen LogP contribution in [0.1, 0.15) is 5.69 Å². The minimum absolute atomic E-state index is 0.0201. The van der Waals surface area contributed by atoms with Gasteiger partial charge in [-0.1, -0.05) is 18.2 Å². The average molecular weight is 278 g/mol. The molecule has 0 spiro atoms. The molecular formula is C16H14N4O. The summed E-state index contributed by atoms with van der Waals surface area (Å²) < 4.78 is 5.40. The second kappa shape index (κ2) is 4.34. The molecule has 21 heavy (non-hydrogen) atoms. The topological polar surface area (TPSA) is 44.2 Å². The molecule has 0 aliphatic rings. The van der Waals surface area contributed by atoms with Crippen LogP contribution in [0, 0.1) is 0 Å². The standard InChI is InChI=1S/C16H14N4O/c1-18-13-6-2-3-7-14(13)20(16(18)21)11-12-10-19-9-5-4-8-15(19)17-12/h2-10H,11H2,1H3. The Bertz CT molecular complexity index is 973. The summed E-state index contributed by atoms with van der Waals surface area (Å²) in [6.45, 7) is 0.474. The highest BCUT2D eigenvalue weighted by molar-refractivity contribution is 5.75. The Labute approximate surface area is 120 Å². The lowest BCUT2D eigenvalue weighted by molar-refractivity contribution is 0.725. The zero-order chi connectivity index (χ0) is 14.4. The van der Waals surface area contributed by atoms with Crippen LogP contribution in [-0.2, 0) is 13.6 Å². The Balaban J connectivity index is 1.87. The van der Waals surface area contributed by atoms with Gasteiger partial charge in [0.2, 0.25) is 0 Å². The Morgan fingerprint density at radius 3 is 2.62 bits per heavy atom. The summed E-state index contributed by atoms with van der Waals surface area (Å²) in [6, 6.07) is 13.7. The van der Waals surface area contributed by atoms with Crippen LogP contribution in [0.3, 0.4) is 0 Å². The number of pyridine rings is 1. The van der Waals surface area contributed by atoms with E-state index in [0.29, 0.717) is 6.54 Å². The molecule has 3 heterocycles. The van der Waals surface area contributed by atoms with Crippen molar-refractivity contribution in [2.75, 3.05) is 0 Å². The Kier molecular flexibility index (Phi) is 2.47. The molecule has 0 aliphatic heterocycles. The van der Waals surface area contributed by atoms with Crippen LogP contribution in [0.4, 0.5) is 0 Å². The third-order valence-electron chi connectivity index (χ3n) is 3.79. The number of imidazole rings is 2. The van der Waals surface area contributed by atoms with Crippen molar-refractivity contribution in [2.24, 2.45) is 7.05 Å². The number of fused-ring (bicyclic) bond motifs is 2. The maximum atomic E-state index is 12.4. The monoisotopic (exact) mass is 278 g/mol. The first-order valence-corrected chi connectivity index (χ1v) is 6.81. The molecule has 0 aliphatic carbocycles. The van der Waals surface area contributed by atoms with Crippen LogP contribution in [0.2, 0.25) is 0 Å². The number of rotatable bonds is 2. The molecule has 0 amide bonds. The molecule has 0 bridgehead atoms. The highest BCUT2D eigenvalue weighted by Crippen LogP contribution is 2.13. The summed E-state index contributed by atoms with van der Waals surface area (Å²) in [7, 11) is 1.80. The Morgan fingerprint density at radius 2 is 1.81 bits per heavy atom. The predicted molar refractivity (Wildman–Crippen MR) is 81.5 cm³/mol. The summed E-state index contributed by atoms with van der Waals surface area (Å²) in [5.41, 5.74) is 3.61. The van der Waals surface area contributed by atoms with Gasteiger partial charge in [-0.15, -0.1) is 0 Å². The molecule has 4 aromatic rings. The van der Waals surface area contributed by atoms with E-state index in [1.165, 1.54) is 0 Å². The Morgan fingerprint density at radius 1 is 1.05 bits per heavy atom. The van der Waals surface area contributed by atoms with E-state index >= 15 is 0 Å². The molecular weight excluding hydrogens is 264 g/mol. The zero-order valence-electron chi connectivity index (χ0n) is 11.6. The summed E-state index contributed by atoms with van der Waals surface area (Å²) in [5.74, 6) is 0. The van der Waals surface area contributed by atoms with E-state index in [4.69, 9.17) is 0 Å². The van der Waals surface area contributed by atoms with Gasteiger partial charge < -0.3 is 4.40 Å². The van der Waals surface area contributed by atoms with Crippen molar-refractivity contribution in [3.63, 3.8) is 0 Å². The molecule has 0 atom stereocenters. The van der Waals surface area contributed by atoms with Crippen molar-refractivity contribution in [1.82, 2.24) is 18.5 Å². The van der Waals surface area contributed by atoms with Gasteiger partial charge in [0.25, 0.3) is 0 Å². The van der Waals surface area contributed by atoms with Gasteiger partial charge in [-0.25, -0.2) is 9.78 Å². The van der Waals surface area contributed by atoms with Crippen molar-refractivity contribution in [2.45, 2.75) is 6.54 Å². The molecule has 5 heteroatoms. The zero-order valence-corrected chi connectivity index (χ0v) is 11.6. The molecule has 0 radical (unpaired) electrons. The number of aryl methyl sites for hydroxylation is 1. The third kappa shape index (κ3) is 1.78. The quantitative estimate of drug-likeness (QED) is 0.563. The average Bonchev–Trinajstić information content (AvgIpc) is 3.02. The van der Waals surface area contributed by atoms with Crippen LogP contribution in [0.5, 0.6) is 0 Å². The van der Waals surface area contributed by atoms with Crippen molar-refractivity contribution in [1.29, 1.82) is 0 Å². The van der Waals surface area contributed by atoms with Crippen molar-refractivity contribution < 1.29 is 0 Å². The lowest BCUT2D eigenvalue weighted by atomic mass is 10.3. The first kappa shape index (κ1) is 12.0. The van der Waals surface area contributed by atoms with Gasteiger partial charge in [-0.2, -0.15) is 0 Å². The normalized spacial score (nSPS) is 11.5. The molecule has 5 nitrogen and oxygen atoms in total. The van der Waals surface area contributed by atoms with Gasteiger partial charge in [-0.05, 0) is 24.3 Å². The highest BCUT2D eigenvalue weighted by atomic mass is 16.1. The van der Waals surface area contributed by atoms with Gasteiger partial charge in [0, 0.05) is 19.4 Å². The van der Waals surface area contributed by atoms with Gasteiger partial charge in [0.15, 0.2) is 0 Å². The number of para-hydroxylation sites is 2. The van der Waals surface area contributed by atoms with E-state index in [1.807, 2.05) is 59.3 Å². The number of hydrogen-bond donors (Lipinski definition) is 0. The van der Waals surface area contributed by atoms with Crippen LogP contribution in [0.15, 0.2) is 59.7 Å². The van der Waals surface area contributed by atoms with Gasteiger partial charge >= 0.3 is 5.69 Å². The van der Waals surface area contributed by atoms with Crippen molar-refractivity contribution in [3.05, 3.63) is 71.0 Å². The molecule has 0 N–H and O–H groups in total. The Hall–Kier alpha value is -2.82. The van der Waals surface area contributed by atoms with E-state index in [0.717, 1.165) is 22.4 Å². The summed E-state index contributed by atoms with van der Waals surface area (Å²) in [4.78, 5) is 17.0. The van der Waals surface area contributed by atoms with E-state index in [2.05, 4.69) is 4.98 Å². The molecule has 0 saturated carbocycles. The molecule has 0 saturated heterocycles. The molecule has 3 aromatic heterocycles. The van der Waals surface area contributed by atoms with Crippen molar-refractivity contribution in [3.8, 4) is 0 Å². The fraction of sp³-hybridized carbons (Fsp3) is 0.125. The van der Waals surface area contributed by atoms with Crippen LogP contribution < -0.4 is 5.69 Å². The predicted octanol–water partition coefficient (Wildman–Crippen LogP) is 2.04. The van der Waals surface area contributed by atoms with Crippen LogP contribution in [0.25, 0.3) is 16.7 Å². The summed E-state index contributed by atoms with van der Waals surface area (Å²) in [5, 5.41) is 0. The minimum atomic E-state index is -0.0201.